The van der Waals surface area contributed by atoms with Crippen molar-refractivity contribution in [3.63, 3.8) is 0 Å². The lowest BCUT2D eigenvalue weighted by atomic mass is 10.00. The Labute approximate surface area is 113 Å². The Hall–Kier alpha value is -1.61. The molecule has 0 saturated carbocycles. The van der Waals surface area contributed by atoms with Crippen LogP contribution < -0.4 is 4.90 Å². The van der Waals surface area contributed by atoms with Gasteiger partial charge in [-0.3, -0.25) is 0 Å². The van der Waals surface area contributed by atoms with Gasteiger partial charge in [-0.2, -0.15) is 0 Å². The van der Waals surface area contributed by atoms with Crippen LogP contribution in [0.15, 0.2) is 30.3 Å². The largest absolute Gasteiger partial charge is 0.392 e. The molecule has 1 saturated heterocycles. The van der Waals surface area contributed by atoms with Crippen LogP contribution in [0.3, 0.4) is 0 Å². The molecule has 1 fully saturated rings. The average molecular weight is 256 g/mol. The second-order valence-electron chi connectivity index (χ2n) is 5.51. The summed E-state index contributed by atoms with van der Waals surface area (Å²) in [7, 11) is 0. The van der Waals surface area contributed by atoms with Gasteiger partial charge in [0.15, 0.2) is 0 Å². The summed E-state index contributed by atoms with van der Waals surface area (Å²) in [5, 5.41) is 10.6. The summed E-state index contributed by atoms with van der Waals surface area (Å²) in [5.74, 6) is 1.73. The van der Waals surface area contributed by atoms with E-state index in [9.17, 15) is 5.11 Å². The molecule has 1 atom stereocenters. The van der Waals surface area contributed by atoms with Gasteiger partial charge in [0, 0.05) is 18.5 Å². The maximum Gasteiger partial charge on any atom is 0.129 e. The lowest BCUT2D eigenvalue weighted by Gasteiger charge is -2.32. The van der Waals surface area contributed by atoms with Crippen LogP contribution in [-0.2, 0) is 6.61 Å². The minimum Gasteiger partial charge on any atom is -0.392 e. The smallest absolute Gasteiger partial charge is 0.129 e. The summed E-state index contributed by atoms with van der Waals surface area (Å²) in [5.41, 5.74) is 1.95. The molecule has 0 aliphatic carbocycles. The molecule has 3 nitrogen and oxygen atoms in total. The SMILES string of the molecule is CC1CCCN(c2cc(CO)c3ccccc3n2)C1. The molecule has 0 radical (unpaired) electrons. The quantitative estimate of drug-likeness (QED) is 0.897. The number of hydrogen-bond acceptors (Lipinski definition) is 3. The summed E-state index contributed by atoms with van der Waals surface area (Å²) in [6, 6.07) is 10.1. The number of rotatable bonds is 2. The van der Waals surface area contributed by atoms with Crippen molar-refractivity contribution in [1.82, 2.24) is 4.98 Å². The summed E-state index contributed by atoms with van der Waals surface area (Å²) in [6.07, 6.45) is 2.53. The Morgan fingerprint density at radius 3 is 3.00 bits per heavy atom. The summed E-state index contributed by atoms with van der Waals surface area (Å²) in [4.78, 5) is 7.10. The molecule has 0 bridgehead atoms. The topological polar surface area (TPSA) is 36.4 Å². The van der Waals surface area contributed by atoms with Crippen molar-refractivity contribution in [2.24, 2.45) is 5.92 Å². The Balaban J connectivity index is 2.04. The number of nitrogens with zero attached hydrogens (tertiary/aromatic N) is 2. The van der Waals surface area contributed by atoms with Gasteiger partial charge in [0.1, 0.15) is 5.82 Å². The molecule has 0 spiro atoms. The Bertz CT molecular complexity index is 582. The van der Waals surface area contributed by atoms with Gasteiger partial charge in [0.2, 0.25) is 0 Å². The Morgan fingerprint density at radius 2 is 2.21 bits per heavy atom. The second-order valence-corrected chi connectivity index (χ2v) is 5.51. The molecule has 1 N–H and O–H groups in total. The lowest BCUT2D eigenvalue weighted by molar-refractivity contribution is 0.283. The van der Waals surface area contributed by atoms with Crippen molar-refractivity contribution in [2.75, 3.05) is 18.0 Å². The second kappa shape index (κ2) is 5.17. The van der Waals surface area contributed by atoms with Gasteiger partial charge in [0.25, 0.3) is 0 Å². The van der Waals surface area contributed by atoms with Crippen molar-refractivity contribution >= 4 is 16.7 Å². The Morgan fingerprint density at radius 1 is 1.37 bits per heavy atom. The van der Waals surface area contributed by atoms with Crippen LogP contribution in [0.5, 0.6) is 0 Å². The first-order valence-electron chi connectivity index (χ1n) is 7.02. The minimum atomic E-state index is 0.0689. The highest BCUT2D eigenvalue weighted by molar-refractivity contribution is 5.84. The first kappa shape index (κ1) is 12.4. The molecule has 3 rings (SSSR count). The van der Waals surface area contributed by atoms with Crippen LogP contribution in [0, 0.1) is 5.92 Å². The van der Waals surface area contributed by atoms with E-state index in [0.29, 0.717) is 0 Å². The summed E-state index contributed by atoms with van der Waals surface area (Å²) >= 11 is 0. The van der Waals surface area contributed by atoms with E-state index in [1.54, 1.807) is 0 Å². The van der Waals surface area contributed by atoms with Crippen LogP contribution >= 0.6 is 0 Å². The number of para-hydroxylation sites is 1. The van der Waals surface area contributed by atoms with Crippen LogP contribution in [0.25, 0.3) is 10.9 Å². The number of fused-ring (bicyclic) bond motifs is 1. The predicted molar refractivity (Wildman–Crippen MR) is 78.3 cm³/mol. The highest BCUT2D eigenvalue weighted by Gasteiger charge is 2.18. The fraction of sp³-hybridized carbons (Fsp3) is 0.438. The standard InChI is InChI=1S/C16H20N2O/c1-12-5-4-8-18(10-12)16-9-13(11-19)14-6-2-3-7-15(14)17-16/h2-3,6-7,9,12,19H,4-5,8,10-11H2,1H3. The number of aliphatic hydroxyl groups excluding tert-OH is 1. The van der Waals surface area contributed by atoms with E-state index in [4.69, 9.17) is 4.98 Å². The molecule has 1 aromatic heterocycles. The third-order valence-electron chi connectivity index (χ3n) is 3.94. The molecular formula is C16H20N2O. The van der Waals surface area contributed by atoms with E-state index >= 15 is 0 Å². The van der Waals surface area contributed by atoms with Crippen molar-refractivity contribution in [1.29, 1.82) is 0 Å². The summed E-state index contributed by atoms with van der Waals surface area (Å²) < 4.78 is 0. The number of pyridine rings is 1. The van der Waals surface area contributed by atoms with Crippen LogP contribution in [-0.4, -0.2) is 23.2 Å². The van der Waals surface area contributed by atoms with Gasteiger partial charge in [-0.1, -0.05) is 25.1 Å². The lowest BCUT2D eigenvalue weighted by Crippen LogP contribution is -2.34. The van der Waals surface area contributed by atoms with E-state index in [-0.39, 0.29) is 6.61 Å². The molecule has 100 valence electrons. The monoisotopic (exact) mass is 256 g/mol. The highest BCUT2D eigenvalue weighted by atomic mass is 16.3. The van der Waals surface area contributed by atoms with E-state index in [1.165, 1.54) is 12.8 Å². The van der Waals surface area contributed by atoms with E-state index < -0.39 is 0 Å². The van der Waals surface area contributed by atoms with Gasteiger partial charge in [-0.05, 0) is 36.5 Å². The highest BCUT2D eigenvalue weighted by Crippen LogP contribution is 2.26. The zero-order valence-corrected chi connectivity index (χ0v) is 11.3. The maximum absolute atomic E-state index is 9.56. The van der Waals surface area contributed by atoms with Gasteiger partial charge < -0.3 is 10.0 Å². The van der Waals surface area contributed by atoms with Gasteiger partial charge in [0.05, 0.1) is 12.1 Å². The van der Waals surface area contributed by atoms with Crippen molar-refractivity contribution in [3.8, 4) is 0 Å². The van der Waals surface area contributed by atoms with E-state index in [0.717, 1.165) is 41.3 Å². The first-order valence-corrected chi connectivity index (χ1v) is 7.02. The fourth-order valence-electron chi connectivity index (χ4n) is 2.92. The third-order valence-corrected chi connectivity index (χ3v) is 3.94. The molecule has 1 unspecified atom stereocenters. The van der Waals surface area contributed by atoms with Gasteiger partial charge in [-0.15, -0.1) is 0 Å². The number of hydrogen-bond donors (Lipinski definition) is 1. The van der Waals surface area contributed by atoms with Crippen LogP contribution in [0.2, 0.25) is 0 Å². The van der Waals surface area contributed by atoms with Crippen LogP contribution in [0.4, 0.5) is 5.82 Å². The van der Waals surface area contributed by atoms with E-state index in [2.05, 4.69) is 11.8 Å². The number of anilines is 1. The Kier molecular flexibility index (Phi) is 3.38. The summed E-state index contributed by atoms with van der Waals surface area (Å²) in [6.45, 7) is 4.50. The molecule has 1 aromatic carbocycles. The van der Waals surface area contributed by atoms with Crippen LogP contribution in [0.1, 0.15) is 25.3 Å². The van der Waals surface area contributed by atoms with E-state index in [1.807, 2.05) is 30.3 Å². The van der Waals surface area contributed by atoms with Crippen molar-refractivity contribution < 1.29 is 5.11 Å². The number of piperidine rings is 1. The predicted octanol–water partition coefficient (Wildman–Crippen LogP) is 2.96. The van der Waals surface area contributed by atoms with Gasteiger partial charge >= 0.3 is 0 Å². The molecule has 0 amide bonds. The maximum atomic E-state index is 9.56. The molecule has 3 heteroatoms. The number of benzene rings is 1. The molecule has 19 heavy (non-hydrogen) atoms. The number of aliphatic hydroxyl groups is 1. The average Bonchev–Trinajstić information content (AvgIpc) is 2.46. The molecule has 2 heterocycles. The fourth-order valence-corrected chi connectivity index (χ4v) is 2.92. The third kappa shape index (κ3) is 2.43. The molecule has 2 aromatic rings. The van der Waals surface area contributed by atoms with Gasteiger partial charge in [-0.25, -0.2) is 4.98 Å². The van der Waals surface area contributed by atoms with Crippen molar-refractivity contribution in [3.05, 3.63) is 35.9 Å². The molecular weight excluding hydrogens is 236 g/mol. The van der Waals surface area contributed by atoms with Crippen molar-refractivity contribution in [2.45, 2.75) is 26.4 Å². The first-order chi connectivity index (χ1) is 9.28. The zero-order valence-electron chi connectivity index (χ0n) is 11.3. The normalized spacial score (nSPS) is 19.9. The zero-order chi connectivity index (χ0) is 13.2. The number of aromatic nitrogens is 1. The minimum absolute atomic E-state index is 0.0689. The molecule has 1 aliphatic heterocycles. The molecule has 1 aliphatic rings.